The van der Waals surface area contributed by atoms with Gasteiger partial charge >= 0.3 is 6.03 Å². The molecule has 1 fully saturated rings. The Morgan fingerprint density at radius 3 is 3.00 bits per heavy atom. The van der Waals surface area contributed by atoms with Crippen LogP contribution < -0.4 is 10.6 Å². The first-order valence-electron chi connectivity index (χ1n) is 5.10. The third-order valence-corrected chi connectivity index (χ3v) is 3.02. The molecule has 6 heteroatoms. The normalized spacial score (nSPS) is 22.3. The molecule has 0 aromatic rings. The third kappa shape index (κ3) is 5.74. The maximum Gasteiger partial charge on any atom is 0.315 e. The second kappa shape index (κ2) is 6.79. The standard InChI is InChI=1S/C9H18N2O3S/c1-15(13)6-2-4-10-9(12)11-8-3-5-14-7-8/h8H,2-7H2,1H3,(H2,10,11,12). The fraction of sp³-hybridized carbons (Fsp3) is 0.889. The maximum absolute atomic E-state index is 11.3. The highest BCUT2D eigenvalue weighted by atomic mass is 32.2. The van der Waals surface area contributed by atoms with Crippen LogP contribution in [0.1, 0.15) is 12.8 Å². The molecule has 0 saturated carbocycles. The van der Waals surface area contributed by atoms with E-state index >= 15 is 0 Å². The van der Waals surface area contributed by atoms with E-state index in [9.17, 15) is 9.00 Å². The Balaban J connectivity index is 2.00. The molecule has 2 atom stereocenters. The Morgan fingerprint density at radius 1 is 1.60 bits per heavy atom. The molecule has 1 aliphatic rings. The maximum atomic E-state index is 11.3. The zero-order valence-corrected chi connectivity index (χ0v) is 9.77. The molecule has 1 heterocycles. The first-order chi connectivity index (χ1) is 7.18. The molecule has 2 unspecified atom stereocenters. The lowest BCUT2D eigenvalue weighted by atomic mass is 10.3. The van der Waals surface area contributed by atoms with E-state index in [0.29, 0.717) is 18.9 Å². The van der Waals surface area contributed by atoms with Crippen molar-refractivity contribution in [1.82, 2.24) is 10.6 Å². The van der Waals surface area contributed by atoms with E-state index in [0.717, 1.165) is 19.4 Å². The highest BCUT2D eigenvalue weighted by molar-refractivity contribution is 7.84. The Kier molecular flexibility index (Phi) is 5.63. The number of carbonyl (C=O) groups is 1. The minimum absolute atomic E-state index is 0.144. The number of amides is 2. The van der Waals surface area contributed by atoms with Gasteiger partial charge < -0.3 is 15.4 Å². The van der Waals surface area contributed by atoms with Gasteiger partial charge in [-0.15, -0.1) is 0 Å². The lowest BCUT2D eigenvalue weighted by Crippen LogP contribution is -2.42. The second-order valence-electron chi connectivity index (χ2n) is 3.59. The van der Waals surface area contributed by atoms with Crippen LogP contribution in [0, 0.1) is 0 Å². The predicted octanol–water partition coefficient (Wildman–Crippen LogP) is -0.157. The van der Waals surface area contributed by atoms with Gasteiger partial charge in [0.1, 0.15) is 0 Å². The molecule has 5 nitrogen and oxygen atoms in total. The van der Waals surface area contributed by atoms with Gasteiger partial charge in [-0.1, -0.05) is 0 Å². The molecule has 1 aliphatic heterocycles. The summed E-state index contributed by atoms with van der Waals surface area (Å²) in [5.41, 5.74) is 0. The predicted molar refractivity (Wildman–Crippen MR) is 59.3 cm³/mol. The summed E-state index contributed by atoms with van der Waals surface area (Å²) in [6.45, 7) is 1.89. The fourth-order valence-corrected chi connectivity index (χ4v) is 1.91. The molecule has 0 aromatic carbocycles. The first kappa shape index (κ1) is 12.4. The molecule has 0 radical (unpaired) electrons. The van der Waals surface area contributed by atoms with Crippen LogP contribution in [0.4, 0.5) is 4.79 Å². The summed E-state index contributed by atoms with van der Waals surface area (Å²) in [5.74, 6) is 0.632. The van der Waals surface area contributed by atoms with Crippen molar-refractivity contribution in [3.8, 4) is 0 Å². The van der Waals surface area contributed by atoms with Gasteiger partial charge in [-0.25, -0.2) is 4.79 Å². The molecule has 0 spiro atoms. The lowest BCUT2D eigenvalue weighted by Gasteiger charge is -2.11. The Hall–Kier alpha value is -0.620. The monoisotopic (exact) mass is 234 g/mol. The molecule has 88 valence electrons. The number of hydrogen-bond donors (Lipinski definition) is 2. The van der Waals surface area contributed by atoms with E-state index in [1.54, 1.807) is 6.26 Å². The van der Waals surface area contributed by atoms with Crippen LogP contribution >= 0.6 is 0 Å². The van der Waals surface area contributed by atoms with Gasteiger partial charge in [0.05, 0.1) is 12.6 Å². The van der Waals surface area contributed by atoms with Crippen LogP contribution in [0.2, 0.25) is 0 Å². The van der Waals surface area contributed by atoms with Crippen molar-refractivity contribution in [2.45, 2.75) is 18.9 Å². The van der Waals surface area contributed by atoms with Crippen molar-refractivity contribution in [3.05, 3.63) is 0 Å². The molecular weight excluding hydrogens is 216 g/mol. The van der Waals surface area contributed by atoms with Crippen LogP contribution in [0.25, 0.3) is 0 Å². The summed E-state index contributed by atoms with van der Waals surface area (Å²) >= 11 is 0. The van der Waals surface area contributed by atoms with Crippen molar-refractivity contribution in [2.24, 2.45) is 0 Å². The van der Waals surface area contributed by atoms with Crippen molar-refractivity contribution in [3.63, 3.8) is 0 Å². The van der Waals surface area contributed by atoms with Gasteiger partial charge in [0.25, 0.3) is 0 Å². The quantitative estimate of drug-likeness (QED) is 0.650. The topological polar surface area (TPSA) is 67.4 Å². The third-order valence-electron chi connectivity index (χ3n) is 2.16. The van der Waals surface area contributed by atoms with E-state index in [1.165, 1.54) is 0 Å². The molecule has 1 saturated heterocycles. The summed E-state index contributed by atoms with van der Waals surface area (Å²) in [6.07, 6.45) is 3.29. The van der Waals surface area contributed by atoms with Crippen LogP contribution in [0.3, 0.4) is 0 Å². The SMILES string of the molecule is CS(=O)CCCNC(=O)NC1CCOC1. The summed E-state index contributed by atoms with van der Waals surface area (Å²) in [5, 5.41) is 5.54. The van der Waals surface area contributed by atoms with Crippen LogP contribution in [0.15, 0.2) is 0 Å². The first-order valence-corrected chi connectivity index (χ1v) is 6.83. The van der Waals surface area contributed by atoms with Gasteiger partial charge in [0, 0.05) is 36.0 Å². The molecule has 0 aliphatic carbocycles. The molecule has 1 rings (SSSR count). The summed E-state index contributed by atoms with van der Waals surface area (Å²) in [6, 6.07) is -0.0160. The summed E-state index contributed by atoms with van der Waals surface area (Å²) < 4.78 is 15.9. The molecular formula is C9H18N2O3S. The number of nitrogens with one attached hydrogen (secondary N) is 2. The number of carbonyl (C=O) groups excluding carboxylic acids is 1. The smallest absolute Gasteiger partial charge is 0.315 e. The Morgan fingerprint density at radius 2 is 2.40 bits per heavy atom. The average Bonchev–Trinajstić information content (AvgIpc) is 2.64. The van der Waals surface area contributed by atoms with E-state index < -0.39 is 10.8 Å². The molecule has 2 N–H and O–H groups in total. The molecule has 0 bridgehead atoms. The Labute approximate surface area is 92.4 Å². The lowest BCUT2D eigenvalue weighted by molar-refractivity contribution is 0.188. The minimum Gasteiger partial charge on any atom is -0.379 e. The van der Waals surface area contributed by atoms with Crippen LogP contribution in [0.5, 0.6) is 0 Å². The molecule has 2 amide bonds. The van der Waals surface area contributed by atoms with E-state index in [4.69, 9.17) is 4.74 Å². The fourth-order valence-electron chi connectivity index (χ4n) is 1.36. The highest BCUT2D eigenvalue weighted by Gasteiger charge is 2.16. The van der Waals surface area contributed by atoms with Gasteiger partial charge in [0.2, 0.25) is 0 Å². The van der Waals surface area contributed by atoms with E-state index in [1.807, 2.05) is 0 Å². The summed E-state index contributed by atoms with van der Waals surface area (Å²) in [7, 11) is -0.776. The largest absolute Gasteiger partial charge is 0.379 e. The van der Waals surface area contributed by atoms with Crippen molar-refractivity contribution >= 4 is 16.8 Å². The van der Waals surface area contributed by atoms with Gasteiger partial charge in [0.15, 0.2) is 0 Å². The van der Waals surface area contributed by atoms with E-state index in [-0.39, 0.29) is 12.1 Å². The van der Waals surface area contributed by atoms with Gasteiger partial charge in [-0.05, 0) is 12.8 Å². The van der Waals surface area contributed by atoms with Crippen LogP contribution in [-0.2, 0) is 15.5 Å². The number of rotatable bonds is 5. The average molecular weight is 234 g/mol. The zero-order chi connectivity index (χ0) is 11.1. The zero-order valence-electron chi connectivity index (χ0n) is 8.95. The van der Waals surface area contributed by atoms with E-state index in [2.05, 4.69) is 10.6 Å². The second-order valence-corrected chi connectivity index (χ2v) is 5.15. The summed E-state index contributed by atoms with van der Waals surface area (Å²) in [4.78, 5) is 11.3. The van der Waals surface area contributed by atoms with Gasteiger partial charge in [-0.3, -0.25) is 4.21 Å². The molecule has 15 heavy (non-hydrogen) atoms. The Bertz CT molecular complexity index is 229. The van der Waals surface area contributed by atoms with Gasteiger partial charge in [-0.2, -0.15) is 0 Å². The number of ether oxygens (including phenoxy) is 1. The van der Waals surface area contributed by atoms with Crippen LogP contribution in [-0.4, -0.2) is 48.0 Å². The number of hydrogen-bond acceptors (Lipinski definition) is 3. The minimum atomic E-state index is -0.776. The highest BCUT2D eigenvalue weighted by Crippen LogP contribution is 2.02. The number of urea groups is 1. The van der Waals surface area contributed by atoms with Crippen molar-refractivity contribution in [1.29, 1.82) is 0 Å². The molecule has 0 aromatic heterocycles. The van der Waals surface area contributed by atoms with Crippen molar-refractivity contribution in [2.75, 3.05) is 31.8 Å². The van der Waals surface area contributed by atoms with Crippen molar-refractivity contribution < 1.29 is 13.7 Å².